The molecule has 1 aliphatic rings. The zero-order valence-corrected chi connectivity index (χ0v) is 9.75. The number of nitrogens with zero attached hydrogens (tertiary/aromatic N) is 1. The Hall–Kier alpha value is -0.930. The molecule has 0 aliphatic carbocycles. The number of hydrogen-bond acceptors (Lipinski definition) is 2. The molecule has 1 aliphatic heterocycles. The molecular weight excluding hydrogens is 203 g/mol. The van der Waals surface area contributed by atoms with Gasteiger partial charge in [0, 0.05) is 19.1 Å². The Morgan fingerprint density at radius 3 is 2.75 bits per heavy atom. The van der Waals surface area contributed by atoms with Crippen molar-refractivity contribution in [3.05, 3.63) is 35.6 Å². The number of hydrogen-bond donors (Lipinski definition) is 1. The molecule has 0 saturated carbocycles. The third-order valence-electron chi connectivity index (χ3n) is 3.29. The molecule has 0 spiro atoms. The van der Waals surface area contributed by atoms with E-state index in [9.17, 15) is 4.39 Å². The Bertz CT molecular complexity index is 323. The number of rotatable bonds is 4. The summed E-state index contributed by atoms with van der Waals surface area (Å²) >= 11 is 0. The summed E-state index contributed by atoms with van der Waals surface area (Å²) in [5.41, 5.74) is 1.14. The summed E-state index contributed by atoms with van der Waals surface area (Å²) in [7, 11) is 2.18. The molecule has 0 unspecified atom stereocenters. The van der Waals surface area contributed by atoms with Gasteiger partial charge in [0.25, 0.3) is 0 Å². The lowest BCUT2D eigenvalue weighted by Crippen LogP contribution is -2.35. The Balaban J connectivity index is 1.73. The lowest BCUT2D eigenvalue weighted by molar-refractivity contribution is 0.300. The van der Waals surface area contributed by atoms with E-state index in [0.717, 1.165) is 18.7 Å². The van der Waals surface area contributed by atoms with Gasteiger partial charge in [0.05, 0.1) is 0 Å². The highest BCUT2D eigenvalue weighted by molar-refractivity contribution is 5.15. The molecule has 2 nitrogen and oxygen atoms in total. The monoisotopic (exact) mass is 222 g/mol. The highest BCUT2D eigenvalue weighted by Gasteiger charge is 2.19. The van der Waals surface area contributed by atoms with Gasteiger partial charge in [0.2, 0.25) is 0 Å². The molecule has 1 atom stereocenters. The van der Waals surface area contributed by atoms with Crippen LogP contribution in [0.4, 0.5) is 4.39 Å². The van der Waals surface area contributed by atoms with Gasteiger partial charge in [-0.2, -0.15) is 0 Å². The Morgan fingerprint density at radius 1 is 1.38 bits per heavy atom. The fourth-order valence-corrected chi connectivity index (χ4v) is 2.22. The number of benzene rings is 1. The summed E-state index contributed by atoms with van der Waals surface area (Å²) in [5, 5.41) is 3.43. The third kappa shape index (κ3) is 3.03. The minimum atomic E-state index is -0.167. The second kappa shape index (κ2) is 5.41. The van der Waals surface area contributed by atoms with Gasteiger partial charge in [-0.25, -0.2) is 4.39 Å². The number of likely N-dealkylation sites (tertiary alicyclic amines) is 1. The smallest absolute Gasteiger partial charge is 0.123 e. The van der Waals surface area contributed by atoms with E-state index in [2.05, 4.69) is 17.3 Å². The van der Waals surface area contributed by atoms with Crippen molar-refractivity contribution in [1.29, 1.82) is 0 Å². The molecule has 1 saturated heterocycles. The summed E-state index contributed by atoms with van der Waals surface area (Å²) in [6.45, 7) is 3.06. The van der Waals surface area contributed by atoms with Crippen LogP contribution in [-0.2, 0) is 6.54 Å². The second-order valence-electron chi connectivity index (χ2n) is 4.53. The third-order valence-corrected chi connectivity index (χ3v) is 3.29. The molecule has 88 valence electrons. The molecule has 1 fully saturated rings. The second-order valence-corrected chi connectivity index (χ2v) is 4.53. The van der Waals surface area contributed by atoms with E-state index >= 15 is 0 Å². The van der Waals surface area contributed by atoms with Gasteiger partial charge in [-0.15, -0.1) is 0 Å². The first kappa shape index (κ1) is 11.6. The highest BCUT2D eigenvalue weighted by atomic mass is 19.1. The van der Waals surface area contributed by atoms with Crippen molar-refractivity contribution in [2.24, 2.45) is 0 Å². The topological polar surface area (TPSA) is 15.3 Å². The summed E-state index contributed by atoms with van der Waals surface area (Å²) in [4.78, 5) is 2.40. The fourth-order valence-electron chi connectivity index (χ4n) is 2.22. The standard InChI is InChI=1S/C13H19FN2/c1-16-8-2-3-13(16)10-15-9-11-4-6-12(14)7-5-11/h4-7,13,15H,2-3,8-10H2,1H3/t13-/m0/s1. The van der Waals surface area contributed by atoms with Gasteiger partial charge in [-0.3, -0.25) is 0 Å². The Morgan fingerprint density at radius 2 is 2.12 bits per heavy atom. The van der Waals surface area contributed by atoms with Gasteiger partial charge in [0.15, 0.2) is 0 Å². The van der Waals surface area contributed by atoms with E-state index in [4.69, 9.17) is 0 Å². The van der Waals surface area contributed by atoms with Crippen LogP contribution < -0.4 is 5.32 Å². The first-order valence-corrected chi connectivity index (χ1v) is 5.91. The van der Waals surface area contributed by atoms with Crippen molar-refractivity contribution in [2.75, 3.05) is 20.1 Å². The molecular formula is C13H19FN2. The van der Waals surface area contributed by atoms with Crippen molar-refractivity contribution in [3.8, 4) is 0 Å². The van der Waals surface area contributed by atoms with Crippen LogP contribution >= 0.6 is 0 Å². The zero-order valence-electron chi connectivity index (χ0n) is 9.75. The van der Waals surface area contributed by atoms with Crippen LogP contribution in [0.1, 0.15) is 18.4 Å². The van der Waals surface area contributed by atoms with Crippen molar-refractivity contribution in [3.63, 3.8) is 0 Å². The van der Waals surface area contributed by atoms with Crippen LogP contribution in [0.25, 0.3) is 0 Å². The van der Waals surface area contributed by atoms with Crippen LogP contribution in [0.2, 0.25) is 0 Å². The van der Waals surface area contributed by atoms with Crippen LogP contribution in [0.15, 0.2) is 24.3 Å². The van der Waals surface area contributed by atoms with E-state index < -0.39 is 0 Å². The minimum absolute atomic E-state index is 0.167. The Labute approximate surface area is 96.5 Å². The summed E-state index contributed by atoms with van der Waals surface area (Å²) in [6, 6.07) is 7.36. The molecule has 16 heavy (non-hydrogen) atoms. The normalized spacial score (nSPS) is 21.5. The first-order chi connectivity index (χ1) is 7.75. The highest BCUT2D eigenvalue weighted by Crippen LogP contribution is 2.13. The largest absolute Gasteiger partial charge is 0.311 e. The summed E-state index contributed by atoms with van der Waals surface area (Å²) in [5.74, 6) is -0.167. The van der Waals surface area contributed by atoms with Crippen LogP contribution in [0.3, 0.4) is 0 Å². The summed E-state index contributed by atoms with van der Waals surface area (Å²) < 4.78 is 12.7. The van der Waals surface area contributed by atoms with Crippen molar-refractivity contribution in [1.82, 2.24) is 10.2 Å². The molecule has 1 aromatic carbocycles. The van der Waals surface area contributed by atoms with E-state index in [1.165, 1.54) is 31.5 Å². The molecule has 3 heteroatoms. The molecule has 1 aromatic rings. The van der Waals surface area contributed by atoms with Gasteiger partial charge in [0.1, 0.15) is 5.82 Å². The van der Waals surface area contributed by atoms with Crippen molar-refractivity contribution in [2.45, 2.75) is 25.4 Å². The molecule has 1 N–H and O–H groups in total. The van der Waals surface area contributed by atoms with Crippen molar-refractivity contribution < 1.29 is 4.39 Å². The maximum Gasteiger partial charge on any atom is 0.123 e. The lowest BCUT2D eigenvalue weighted by atomic mass is 10.2. The maximum absolute atomic E-state index is 12.7. The van der Waals surface area contributed by atoms with E-state index in [1.807, 2.05) is 12.1 Å². The lowest BCUT2D eigenvalue weighted by Gasteiger charge is -2.19. The SMILES string of the molecule is CN1CCC[C@H]1CNCc1ccc(F)cc1. The molecule has 0 amide bonds. The quantitative estimate of drug-likeness (QED) is 0.838. The predicted octanol–water partition coefficient (Wildman–Crippen LogP) is 2.01. The molecule has 0 radical (unpaired) electrons. The van der Waals surface area contributed by atoms with Crippen LogP contribution in [-0.4, -0.2) is 31.1 Å². The van der Waals surface area contributed by atoms with Crippen LogP contribution in [0.5, 0.6) is 0 Å². The average Bonchev–Trinajstić information content (AvgIpc) is 2.68. The van der Waals surface area contributed by atoms with Crippen LogP contribution in [0, 0.1) is 5.82 Å². The van der Waals surface area contributed by atoms with Gasteiger partial charge in [-0.1, -0.05) is 12.1 Å². The minimum Gasteiger partial charge on any atom is -0.311 e. The predicted molar refractivity (Wildman–Crippen MR) is 63.8 cm³/mol. The maximum atomic E-state index is 12.7. The molecule has 0 bridgehead atoms. The van der Waals surface area contributed by atoms with E-state index in [0.29, 0.717) is 6.04 Å². The van der Waals surface area contributed by atoms with Gasteiger partial charge >= 0.3 is 0 Å². The average molecular weight is 222 g/mol. The Kier molecular flexibility index (Phi) is 3.91. The van der Waals surface area contributed by atoms with Gasteiger partial charge in [-0.05, 0) is 44.1 Å². The van der Waals surface area contributed by atoms with Crippen molar-refractivity contribution >= 4 is 0 Å². The molecule has 0 aromatic heterocycles. The number of nitrogens with one attached hydrogen (secondary N) is 1. The van der Waals surface area contributed by atoms with E-state index in [1.54, 1.807) is 0 Å². The summed E-state index contributed by atoms with van der Waals surface area (Å²) in [6.07, 6.45) is 2.59. The van der Waals surface area contributed by atoms with Gasteiger partial charge < -0.3 is 10.2 Å². The zero-order chi connectivity index (χ0) is 11.4. The molecule has 2 rings (SSSR count). The first-order valence-electron chi connectivity index (χ1n) is 5.91. The van der Waals surface area contributed by atoms with E-state index in [-0.39, 0.29) is 5.82 Å². The fraction of sp³-hybridized carbons (Fsp3) is 0.538. The number of likely N-dealkylation sites (N-methyl/N-ethyl adjacent to an activating group) is 1. The number of halogens is 1. The molecule has 1 heterocycles.